The van der Waals surface area contributed by atoms with Crippen LogP contribution in [-0.4, -0.2) is 9.55 Å². The average molecular weight is 236 g/mol. The fourth-order valence-corrected chi connectivity index (χ4v) is 2.27. The smallest absolute Gasteiger partial charge is 0.261 e. The van der Waals surface area contributed by atoms with Crippen molar-refractivity contribution in [2.45, 2.75) is 19.0 Å². The van der Waals surface area contributed by atoms with Crippen LogP contribution in [0.1, 0.15) is 18.3 Å². The largest absolute Gasteiger partial charge is 0.321 e. The Bertz CT molecular complexity index is 635. The molecule has 2 N–H and O–H groups in total. The zero-order chi connectivity index (χ0) is 11.3. The molecule has 0 amide bonds. The molecule has 0 aliphatic carbocycles. The lowest BCUT2D eigenvalue weighted by Gasteiger charge is -2.06. The molecule has 16 heavy (non-hydrogen) atoms. The Labute approximate surface area is 96.7 Å². The van der Waals surface area contributed by atoms with Crippen LogP contribution < -0.4 is 11.3 Å². The van der Waals surface area contributed by atoms with Crippen molar-refractivity contribution in [1.29, 1.82) is 0 Å². The molecule has 2 heterocycles. The first kappa shape index (κ1) is 9.81. The van der Waals surface area contributed by atoms with Gasteiger partial charge in [0.25, 0.3) is 5.56 Å². The molecule has 3 rings (SSSR count). The van der Waals surface area contributed by atoms with Gasteiger partial charge in [0.1, 0.15) is 5.82 Å². The summed E-state index contributed by atoms with van der Waals surface area (Å²) in [6, 6.07) is 4.97. The van der Waals surface area contributed by atoms with Crippen LogP contribution in [0.2, 0.25) is 5.02 Å². The molecule has 4 nitrogen and oxygen atoms in total. The van der Waals surface area contributed by atoms with E-state index in [1.807, 2.05) is 0 Å². The van der Waals surface area contributed by atoms with E-state index in [4.69, 9.17) is 17.3 Å². The summed E-state index contributed by atoms with van der Waals surface area (Å²) in [7, 11) is 0. The zero-order valence-corrected chi connectivity index (χ0v) is 9.24. The molecular weight excluding hydrogens is 226 g/mol. The summed E-state index contributed by atoms with van der Waals surface area (Å²) in [5.74, 6) is 0.666. The SMILES string of the molecule is N[C@H]1CCn2c1nc1cc(Cl)ccc1c2=O. The summed E-state index contributed by atoms with van der Waals surface area (Å²) in [4.78, 5) is 16.5. The van der Waals surface area contributed by atoms with Gasteiger partial charge in [0.2, 0.25) is 0 Å². The highest BCUT2D eigenvalue weighted by atomic mass is 35.5. The lowest BCUT2D eigenvalue weighted by atomic mass is 10.2. The van der Waals surface area contributed by atoms with E-state index in [1.54, 1.807) is 22.8 Å². The molecule has 1 atom stereocenters. The standard InChI is InChI=1S/C11H10ClN3O/c12-6-1-2-7-9(5-6)14-10-8(13)3-4-15(10)11(7)16/h1-2,5,8H,3-4,13H2/t8-/m0/s1. The molecule has 0 bridgehead atoms. The molecule has 0 radical (unpaired) electrons. The second kappa shape index (κ2) is 3.30. The van der Waals surface area contributed by atoms with E-state index in [1.165, 1.54) is 0 Å². The highest BCUT2D eigenvalue weighted by Crippen LogP contribution is 2.22. The third kappa shape index (κ3) is 1.27. The lowest BCUT2D eigenvalue weighted by Crippen LogP contribution is -2.22. The number of nitrogens with two attached hydrogens (primary N) is 1. The van der Waals surface area contributed by atoms with Crippen LogP contribution in [0.5, 0.6) is 0 Å². The Morgan fingerprint density at radius 1 is 1.50 bits per heavy atom. The summed E-state index contributed by atoms with van der Waals surface area (Å²) in [6.45, 7) is 0.654. The van der Waals surface area contributed by atoms with E-state index in [2.05, 4.69) is 4.98 Å². The van der Waals surface area contributed by atoms with Crippen molar-refractivity contribution in [3.8, 4) is 0 Å². The number of halogens is 1. The highest BCUT2D eigenvalue weighted by molar-refractivity contribution is 6.31. The van der Waals surface area contributed by atoms with E-state index in [9.17, 15) is 4.79 Å². The number of nitrogens with zero attached hydrogens (tertiary/aromatic N) is 2. The minimum Gasteiger partial charge on any atom is -0.321 e. The average Bonchev–Trinajstić information content (AvgIpc) is 2.61. The first-order valence-corrected chi connectivity index (χ1v) is 5.50. The van der Waals surface area contributed by atoms with Gasteiger partial charge in [-0.2, -0.15) is 0 Å². The summed E-state index contributed by atoms with van der Waals surface area (Å²) < 4.78 is 1.65. The van der Waals surface area contributed by atoms with E-state index >= 15 is 0 Å². The van der Waals surface area contributed by atoms with E-state index in [0.29, 0.717) is 28.3 Å². The normalized spacial score (nSPS) is 19.0. The van der Waals surface area contributed by atoms with Crippen molar-refractivity contribution in [2.24, 2.45) is 5.73 Å². The summed E-state index contributed by atoms with van der Waals surface area (Å²) in [5, 5.41) is 1.18. The van der Waals surface area contributed by atoms with Gasteiger partial charge in [-0.1, -0.05) is 11.6 Å². The maximum absolute atomic E-state index is 12.1. The van der Waals surface area contributed by atoms with E-state index < -0.39 is 0 Å². The molecule has 1 aliphatic rings. The second-order valence-electron chi connectivity index (χ2n) is 3.98. The number of hydrogen-bond acceptors (Lipinski definition) is 3. The van der Waals surface area contributed by atoms with Crippen molar-refractivity contribution in [3.63, 3.8) is 0 Å². The topological polar surface area (TPSA) is 60.9 Å². The fourth-order valence-electron chi connectivity index (χ4n) is 2.11. The first-order chi connectivity index (χ1) is 7.66. The second-order valence-corrected chi connectivity index (χ2v) is 4.42. The van der Waals surface area contributed by atoms with Crippen LogP contribution in [0.15, 0.2) is 23.0 Å². The van der Waals surface area contributed by atoms with Crippen molar-refractivity contribution in [1.82, 2.24) is 9.55 Å². The molecule has 1 aliphatic heterocycles. The Kier molecular flexibility index (Phi) is 2.02. The van der Waals surface area contributed by atoms with Crippen molar-refractivity contribution in [3.05, 3.63) is 39.4 Å². The van der Waals surface area contributed by atoms with Gasteiger partial charge in [0.05, 0.1) is 16.9 Å². The third-order valence-corrected chi connectivity index (χ3v) is 3.18. The number of aromatic nitrogens is 2. The summed E-state index contributed by atoms with van der Waals surface area (Å²) in [5.41, 5.74) is 6.49. The minimum atomic E-state index is -0.143. The Hall–Kier alpha value is -1.39. The number of benzene rings is 1. The van der Waals surface area contributed by atoms with Crippen LogP contribution >= 0.6 is 11.6 Å². The predicted molar refractivity (Wildman–Crippen MR) is 62.6 cm³/mol. The predicted octanol–water partition coefficient (Wildman–Crippen LogP) is 1.45. The Balaban J connectivity index is 2.44. The van der Waals surface area contributed by atoms with Crippen LogP contribution in [0.3, 0.4) is 0 Å². The van der Waals surface area contributed by atoms with Gasteiger partial charge >= 0.3 is 0 Å². The summed E-state index contributed by atoms with van der Waals surface area (Å²) in [6.07, 6.45) is 0.770. The molecule has 0 spiro atoms. The minimum absolute atomic E-state index is 0.0235. The maximum atomic E-state index is 12.1. The van der Waals surface area contributed by atoms with Crippen molar-refractivity contribution in [2.75, 3.05) is 0 Å². The van der Waals surface area contributed by atoms with Gasteiger partial charge in [-0.15, -0.1) is 0 Å². The van der Waals surface area contributed by atoms with Gasteiger partial charge in [0, 0.05) is 11.6 Å². The van der Waals surface area contributed by atoms with Gasteiger partial charge < -0.3 is 5.73 Å². The number of rotatable bonds is 0. The van der Waals surface area contributed by atoms with Gasteiger partial charge in [-0.25, -0.2) is 4.98 Å². The highest BCUT2D eigenvalue weighted by Gasteiger charge is 2.22. The van der Waals surface area contributed by atoms with Crippen LogP contribution in [-0.2, 0) is 6.54 Å². The first-order valence-electron chi connectivity index (χ1n) is 5.12. The monoisotopic (exact) mass is 235 g/mol. The lowest BCUT2D eigenvalue weighted by molar-refractivity contribution is 0.679. The zero-order valence-electron chi connectivity index (χ0n) is 8.48. The van der Waals surface area contributed by atoms with Crippen molar-refractivity contribution >= 4 is 22.5 Å². The van der Waals surface area contributed by atoms with Crippen molar-refractivity contribution < 1.29 is 0 Å². The fraction of sp³-hybridized carbons (Fsp3) is 0.273. The van der Waals surface area contributed by atoms with E-state index in [-0.39, 0.29) is 11.6 Å². The molecule has 82 valence electrons. The molecular formula is C11H10ClN3O. The van der Waals surface area contributed by atoms with Crippen LogP contribution in [0.4, 0.5) is 0 Å². The van der Waals surface area contributed by atoms with Crippen LogP contribution in [0, 0.1) is 0 Å². The molecule has 1 aromatic heterocycles. The molecule has 0 saturated carbocycles. The van der Waals surface area contributed by atoms with E-state index in [0.717, 1.165) is 6.42 Å². The summed E-state index contributed by atoms with van der Waals surface area (Å²) >= 11 is 5.88. The maximum Gasteiger partial charge on any atom is 0.261 e. The molecule has 0 saturated heterocycles. The molecule has 5 heteroatoms. The molecule has 2 aromatic rings. The Morgan fingerprint density at radius 3 is 3.12 bits per heavy atom. The number of hydrogen-bond donors (Lipinski definition) is 1. The van der Waals surface area contributed by atoms with Gasteiger partial charge in [-0.05, 0) is 24.6 Å². The molecule has 0 unspecified atom stereocenters. The number of fused-ring (bicyclic) bond motifs is 2. The van der Waals surface area contributed by atoms with Gasteiger partial charge in [-0.3, -0.25) is 9.36 Å². The Morgan fingerprint density at radius 2 is 2.31 bits per heavy atom. The van der Waals surface area contributed by atoms with Gasteiger partial charge in [0.15, 0.2) is 0 Å². The van der Waals surface area contributed by atoms with Crippen LogP contribution in [0.25, 0.3) is 10.9 Å². The molecule has 1 aromatic carbocycles. The quantitative estimate of drug-likeness (QED) is 0.752. The third-order valence-electron chi connectivity index (χ3n) is 2.94. The molecule has 0 fully saturated rings.